The standard InChI is InChI=1S/C13H21N3/c14-8-11-9-16(12-6-7-12)13(15-11)10-4-2-1-3-5-10/h9-10,12H,1-8,14H2. The molecular formula is C13H21N3. The van der Waals surface area contributed by atoms with Gasteiger partial charge in [0.05, 0.1) is 5.69 Å². The third-order valence-corrected chi connectivity index (χ3v) is 3.93. The molecule has 3 heteroatoms. The van der Waals surface area contributed by atoms with Gasteiger partial charge in [-0.25, -0.2) is 4.98 Å². The average molecular weight is 219 g/mol. The Labute approximate surface area is 97.0 Å². The molecule has 1 aromatic rings. The number of nitrogens with two attached hydrogens (primary N) is 1. The summed E-state index contributed by atoms with van der Waals surface area (Å²) in [5.74, 6) is 2.04. The lowest BCUT2D eigenvalue weighted by molar-refractivity contribution is 0.415. The molecule has 0 atom stereocenters. The van der Waals surface area contributed by atoms with Gasteiger partial charge < -0.3 is 10.3 Å². The zero-order chi connectivity index (χ0) is 11.0. The van der Waals surface area contributed by atoms with Crippen LogP contribution in [-0.2, 0) is 6.54 Å². The minimum atomic E-state index is 0.583. The smallest absolute Gasteiger partial charge is 0.112 e. The van der Waals surface area contributed by atoms with Gasteiger partial charge in [-0.3, -0.25) is 0 Å². The molecule has 0 bridgehead atoms. The summed E-state index contributed by atoms with van der Waals surface area (Å²) >= 11 is 0. The van der Waals surface area contributed by atoms with Crippen LogP contribution in [0.2, 0.25) is 0 Å². The highest BCUT2D eigenvalue weighted by Gasteiger charge is 2.29. The van der Waals surface area contributed by atoms with Crippen LogP contribution in [0, 0.1) is 0 Å². The first-order chi connectivity index (χ1) is 7.88. The first-order valence-electron chi connectivity index (χ1n) is 6.66. The van der Waals surface area contributed by atoms with Gasteiger partial charge in [0.25, 0.3) is 0 Å². The first-order valence-corrected chi connectivity index (χ1v) is 6.66. The monoisotopic (exact) mass is 219 g/mol. The fraction of sp³-hybridized carbons (Fsp3) is 0.769. The van der Waals surface area contributed by atoms with Crippen molar-refractivity contribution in [2.24, 2.45) is 5.73 Å². The third kappa shape index (κ3) is 1.88. The van der Waals surface area contributed by atoms with Crippen molar-refractivity contribution in [2.45, 2.75) is 63.5 Å². The Morgan fingerprint density at radius 2 is 1.94 bits per heavy atom. The van der Waals surface area contributed by atoms with E-state index in [9.17, 15) is 0 Å². The van der Waals surface area contributed by atoms with Crippen LogP contribution in [0.1, 0.15) is 68.4 Å². The SMILES string of the molecule is NCc1cn(C2CC2)c(C2CCCCC2)n1. The molecule has 2 aliphatic carbocycles. The van der Waals surface area contributed by atoms with Crippen LogP contribution in [0.15, 0.2) is 6.20 Å². The summed E-state index contributed by atoms with van der Waals surface area (Å²) < 4.78 is 2.43. The number of imidazole rings is 1. The van der Waals surface area contributed by atoms with Crippen molar-refractivity contribution in [1.82, 2.24) is 9.55 Å². The summed E-state index contributed by atoms with van der Waals surface area (Å²) in [6.45, 7) is 0.583. The van der Waals surface area contributed by atoms with Gasteiger partial charge >= 0.3 is 0 Å². The van der Waals surface area contributed by atoms with E-state index < -0.39 is 0 Å². The lowest BCUT2D eigenvalue weighted by atomic mass is 9.88. The Balaban J connectivity index is 1.87. The maximum atomic E-state index is 5.71. The molecule has 0 spiro atoms. The van der Waals surface area contributed by atoms with Gasteiger partial charge in [-0.2, -0.15) is 0 Å². The van der Waals surface area contributed by atoms with Crippen molar-refractivity contribution >= 4 is 0 Å². The molecule has 3 rings (SSSR count). The van der Waals surface area contributed by atoms with E-state index >= 15 is 0 Å². The molecule has 3 nitrogen and oxygen atoms in total. The van der Waals surface area contributed by atoms with Crippen molar-refractivity contribution in [3.63, 3.8) is 0 Å². The van der Waals surface area contributed by atoms with Crippen LogP contribution in [0.25, 0.3) is 0 Å². The molecule has 1 heterocycles. The maximum Gasteiger partial charge on any atom is 0.112 e. The second-order valence-electron chi connectivity index (χ2n) is 5.27. The van der Waals surface area contributed by atoms with Crippen LogP contribution < -0.4 is 5.73 Å². The van der Waals surface area contributed by atoms with Crippen LogP contribution >= 0.6 is 0 Å². The minimum Gasteiger partial charge on any atom is -0.331 e. The molecule has 0 aliphatic heterocycles. The Morgan fingerprint density at radius 3 is 2.56 bits per heavy atom. The molecule has 0 unspecified atom stereocenters. The minimum absolute atomic E-state index is 0.583. The van der Waals surface area contributed by atoms with E-state index in [1.165, 1.54) is 50.8 Å². The summed E-state index contributed by atoms with van der Waals surface area (Å²) in [5.41, 5.74) is 6.78. The zero-order valence-corrected chi connectivity index (χ0v) is 9.86. The van der Waals surface area contributed by atoms with Crippen LogP contribution in [0.5, 0.6) is 0 Å². The van der Waals surface area contributed by atoms with Gasteiger partial charge in [0.1, 0.15) is 5.82 Å². The molecule has 0 amide bonds. The number of hydrogen-bond acceptors (Lipinski definition) is 2. The summed E-state index contributed by atoms with van der Waals surface area (Å²) in [6.07, 6.45) is 11.7. The quantitative estimate of drug-likeness (QED) is 0.849. The Kier molecular flexibility index (Phi) is 2.72. The molecule has 2 aliphatic rings. The highest BCUT2D eigenvalue weighted by Crippen LogP contribution is 2.40. The van der Waals surface area contributed by atoms with Crippen molar-refractivity contribution in [3.05, 3.63) is 17.7 Å². The third-order valence-electron chi connectivity index (χ3n) is 3.93. The van der Waals surface area contributed by atoms with Crippen LogP contribution in [0.4, 0.5) is 0 Å². The van der Waals surface area contributed by atoms with Crippen molar-refractivity contribution in [2.75, 3.05) is 0 Å². The van der Waals surface area contributed by atoms with E-state index in [-0.39, 0.29) is 0 Å². The van der Waals surface area contributed by atoms with Crippen molar-refractivity contribution in [1.29, 1.82) is 0 Å². The number of nitrogens with zero attached hydrogens (tertiary/aromatic N) is 2. The highest BCUT2D eigenvalue weighted by atomic mass is 15.1. The van der Waals surface area contributed by atoms with Crippen molar-refractivity contribution in [3.8, 4) is 0 Å². The molecule has 16 heavy (non-hydrogen) atoms. The second-order valence-corrected chi connectivity index (χ2v) is 5.27. The first kappa shape index (κ1) is 10.3. The van der Waals surface area contributed by atoms with Gasteiger partial charge in [0.2, 0.25) is 0 Å². The summed E-state index contributed by atoms with van der Waals surface area (Å²) in [4.78, 5) is 4.75. The molecule has 2 fully saturated rings. The molecule has 2 saturated carbocycles. The topological polar surface area (TPSA) is 43.8 Å². The number of rotatable bonds is 3. The van der Waals surface area contributed by atoms with E-state index in [2.05, 4.69) is 10.8 Å². The van der Waals surface area contributed by atoms with Gasteiger partial charge in [0.15, 0.2) is 0 Å². The van der Waals surface area contributed by atoms with E-state index in [1.807, 2.05) is 0 Å². The molecule has 0 aromatic carbocycles. The molecule has 2 N–H and O–H groups in total. The van der Waals surface area contributed by atoms with Gasteiger partial charge in [0, 0.05) is 24.7 Å². The lowest BCUT2D eigenvalue weighted by Gasteiger charge is -2.22. The predicted molar refractivity (Wildman–Crippen MR) is 64.2 cm³/mol. The summed E-state index contributed by atoms with van der Waals surface area (Å²) in [7, 11) is 0. The molecular weight excluding hydrogens is 198 g/mol. The lowest BCUT2D eigenvalue weighted by Crippen LogP contribution is -2.11. The largest absolute Gasteiger partial charge is 0.331 e. The zero-order valence-electron chi connectivity index (χ0n) is 9.86. The Bertz CT molecular complexity index is 359. The summed E-state index contributed by atoms with van der Waals surface area (Å²) in [5, 5.41) is 0. The van der Waals surface area contributed by atoms with Crippen LogP contribution in [-0.4, -0.2) is 9.55 Å². The number of aromatic nitrogens is 2. The Hall–Kier alpha value is -0.830. The fourth-order valence-corrected chi connectivity index (χ4v) is 2.87. The highest BCUT2D eigenvalue weighted by molar-refractivity contribution is 5.12. The van der Waals surface area contributed by atoms with Gasteiger partial charge in [-0.1, -0.05) is 19.3 Å². The van der Waals surface area contributed by atoms with E-state index in [1.54, 1.807) is 0 Å². The predicted octanol–water partition coefficient (Wildman–Crippen LogP) is 2.72. The molecule has 1 aromatic heterocycles. The summed E-state index contributed by atoms with van der Waals surface area (Å²) in [6, 6.07) is 0.740. The molecule has 88 valence electrons. The number of hydrogen-bond donors (Lipinski definition) is 1. The average Bonchev–Trinajstić information content (AvgIpc) is 3.10. The normalized spacial score (nSPS) is 22.6. The second kappa shape index (κ2) is 4.21. The van der Waals surface area contributed by atoms with E-state index in [0.717, 1.165) is 11.7 Å². The van der Waals surface area contributed by atoms with Gasteiger partial charge in [-0.05, 0) is 25.7 Å². The Morgan fingerprint density at radius 1 is 1.19 bits per heavy atom. The maximum absolute atomic E-state index is 5.71. The van der Waals surface area contributed by atoms with Gasteiger partial charge in [-0.15, -0.1) is 0 Å². The van der Waals surface area contributed by atoms with Crippen molar-refractivity contribution < 1.29 is 0 Å². The molecule has 0 radical (unpaired) electrons. The van der Waals surface area contributed by atoms with Crippen LogP contribution in [0.3, 0.4) is 0 Å². The van der Waals surface area contributed by atoms with E-state index in [4.69, 9.17) is 10.7 Å². The van der Waals surface area contributed by atoms with E-state index in [0.29, 0.717) is 12.5 Å². The fourth-order valence-electron chi connectivity index (χ4n) is 2.87. The molecule has 0 saturated heterocycles.